The third kappa shape index (κ3) is 4.20. The average molecular weight is 430 g/mol. The van der Waals surface area contributed by atoms with Crippen molar-refractivity contribution in [1.82, 2.24) is 0 Å². The van der Waals surface area contributed by atoms with Gasteiger partial charge in [-0.1, -0.05) is 0 Å². The number of hydrazone groups is 2. The first-order valence-electron chi connectivity index (χ1n) is 9.60. The zero-order chi connectivity index (χ0) is 22.0. The van der Waals surface area contributed by atoms with Crippen molar-refractivity contribution in [1.29, 1.82) is 0 Å². The monoisotopic (exact) mass is 430 g/mol. The van der Waals surface area contributed by atoms with Gasteiger partial charge in [0.05, 0.1) is 0 Å². The highest BCUT2D eigenvalue weighted by Gasteiger charge is 2.76. The standard InChI is InChI=1S/C17H28F6N6/c18-16(19,20)15(17(21,22)23,11-5-1-9(2-6-11)13(24)28-26)12-7-3-10(4-8-12)14(25)29-27/h9-12H,1-8,26-27H2,(H2,24,28)(H2,25,29). The molecular weight excluding hydrogens is 402 g/mol. The zero-order valence-electron chi connectivity index (χ0n) is 15.9. The first kappa shape index (κ1) is 23.4. The molecule has 0 aliphatic heterocycles. The molecule has 0 aromatic rings. The molecule has 0 unspecified atom stereocenters. The number of nitrogens with zero attached hydrogens (tertiary/aromatic N) is 2. The molecule has 168 valence electrons. The van der Waals surface area contributed by atoms with E-state index in [0.29, 0.717) is 0 Å². The lowest BCUT2D eigenvalue weighted by molar-refractivity contribution is -0.382. The number of alkyl halides is 6. The summed E-state index contributed by atoms with van der Waals surface area (Å²) in [6, 6.07) is 0. The van der Waals surface area contributed by atoms with Crippen LogP contribution >= 0.6 is 0 Å². The van der Waals surface area contributed by atoms with E-state index in [1.807, 2.05) is 0 Å². The van der Waals surface area contributed by atoms with Crippen LogP contribution in [-0.4, -0.2) is 24.0 Å². The second-order valence-corrected chi connectivity index (χ2v) is 8.07. The number of halogens is 6. The molecule has 29 heavy (non-hydrogen) atoms. The average Bonchev–Trinajstić information content (AvgIpc) is 2.66. The molecule has 2 fully saturated rings. The zero-order valence-corrected chi connectivity index (χ0v) is 15.9. The van der Waals surface area contributed by atoms with Crippen molar-refractivity contribution in [3.63, 3.8) is 0 Å². The summed E-state index contributed by atoms with van der Waals surface area (Å²) in [4.78, 5) is 0. The lowest BCUT2D eigenvalue weighted by Gasteiger charge is -2.51. The van der Waals surface area contributed by atoms with E-state index < -0.39 is 41.4 Å². The lowest BCUT2D eigenvalue weighted by atomic mass is 9.56. The lowest BCUT2D eigenvalue weighted by Crippen LogP contribution is -2.60. The highest BCUT2D eigenvalue weighted by atomic mass is 19.4. The van der Waals surface area contributed by atoms with Crippen LogP contribution in [0.3, 0.4) is 0 Å². The van der Waals surface area contributed by atoms with E-state index in [9.17, 15) is 26.3 Å². The van der Waals surface area contributed by atoms with E-state index in [0.717, 1.165) is 0 Å². The predicted octanol–water partition coefficient (Wildman–Crippen LogP) is 3.17. The molecule has 8 N–H and O–H groups in total. The summed E-state index contributed by atoms with van der Waals surface area (Å²) in [5.74, 6) is 6.38. The van der Waals surface area contributed by atoms with Crippen LogP contribution in [0.2, 0.25) is 0 Å². The Morgan fingerprint density at radius 1 is 0.586 bits per heavy atom. The molecule has 0 spiro atoms. The molecule has 12 heteroatoms. The van der Waals surface area contributed by atoms with Crippen molar-refractivity contribution in [2.45, 2.75) is 63.7 Å². The maximum absolute atomic E-state index is 14.2. The molecule has 2 aliphatic rings. The topological polar surface area (TPSA) is 129 Å². The molecule has 0 aromatic carbocycles. The van der Waals surface area contributed by atoms with Gasteiger partial charge in [0.2, 0.25) is 0 Å². The van der Waals surface area contributed by atoms with Crippen molar-refractivity contribution in [3.05, 3.63) is 0 Å². The smallest absolute Gasteiger partial charge is 0.386 e. The van der Waals surface area contributed by atoms with E-state index in [4.69, 9.17) is 23.2 Å². The molecule has 2 saturated carbocycles. The fraction of sp³-hybridized carbons (Fsp3) is 0.882. The maximum Gasteiger partial charge on any atom is 0.403 e. The predicted molar refractivity (Wildman–Crippen MR) is 97.1 cm³/mol. The first-order chi connectivity index (χ1) is 13.4. The van der Waals surface area contributed by atoms with Gasteiger partial charge in [-0.25, -0.2) is 0 Å². The minimum atomic E-state index is -5.43. The molecule has 0 saturated heterocycles. The van der Waals surface area contributed by atoms with Gasteiger partial charge < -0.3 is 23.2 Å². The molecular formula is C17H28F6N6. The fourth-order valence-electron chi connectivity index (χ4n) is 5.32. The van der Waals surface area contributed by atoms with Gasteiger partial charge >= 0.3 is 12.4 Å². The maximum atomic E-state index is 14.2. The first-order valence-corrected chi connectivity index (χ1v) is 9.60. The van der Waals surface area contributed by atoms with Gasteiger partial charge in [0.1, 0.15) is 11.7 Å². The molecule has 0 atom stereocenters. The molecule has 2 rings (SSSR count). The molecule has 0 amide bonds. The SMILES string of the molecule is N/N=C(\N)C1CCC(C(C2CCC(/C(N)=N/N)CC2)(C(F)(F)F)C(F)(F)F)CC1. The summed E-state index contributed by atoms with van der Waals surface area (Å²) in [6.45, 7) is 0. The van der Waals surface area contributed by atoms with Crippen molar-refractivity contribution < 1.29 is 26.3 Å². The minimum Gasteiger partial charge on any atom is -0.386 e. The number of rotatable bonds is 4. The summed E-state index contributed by atoms with van der Waals surface area (Å²) in [5, 5.41) is 6.67. The third-order valence-corrected chi connectivity index (χ3v) is 6.82. The Hall–Kier alpha value is -1.88. The third-order valence-electron chi connectivity index (χ3n) is 6.82. The highest BCUT2D eigenvalue weighted by Crippen LogP contribution is 2.65. The van der Waals surface area contributed by atoms with Crippen molar-refractivity contribution >= 4 is 11.7 Å². The van der Waals surface area contributed by atoms with Crippen LogP contribution in [0.5, 0.6) is 0 Å². The van der Waals surface area contributed by atoms with Crippen molar-refractivity contribution in [3.8, 4) is 0 Å². The van der Waals surface area contributed by atoms with Crippen LogP contribution in [0.15, 0.2) is 10.2 Å². The Labute approximate surface area is 165 Å². The van der Waals surface area contributed by atoms with E-state index in [1.54, 1.807) is 0 Å². The Morgan fingerprint density at radius 2 is 0.862 bits per heavy atom. The molecule has 0 radical (unpaired) electrons. The summed E-state index contributed by atoms with van der Waals surface area (Å²) in [5.41, 5.74) is 7.48. The number of hydrogen-bond acceptors (Lipinski definition) is 4. The van der Waals surface area contributed by atoms with E-state index in [-0.39, 0.29) is 63.0 Å². The van der Waals surface area contributed by atoms with Gasteiger partial charge in [-0.05, 0) is 63.2 Å². The minimum absolute atomic E-state index is 0.0603. The molecule has 2 aliphatic carbocycles. The molecule has 0 heterocycles. The summed E-state index contributed by atoms with van der Waals surface area (Å²) in [7, 11) is 0. The van der Waals surface area contributed by atoms with Gasteiger partial charge in [0.25, 0.3) is 0 Å². The van der Waals surface area contributed by atoms with Crippen LogP contribution < -0.4 is 23.2 Å². The largest absolute Gasteiger partial charge is 0.403 e. The van der Waals surface area contributed by atoms with Gasteiger partial charge in [-0.2, -0.15) is 36.5 Å². The van der Waals surface area contributed by atoms with Crippen molar-refractivity contribution in [2.75, 3.05) is 0 Å². The van der Waals surface area contributed by atoms with Gasteiger partial charge in [-0.15, -0.1) is 0 Å². The Morgan fingerprint density at radius 3 is 1.07 bits per heavy atom. The van der Waals surface area contributed by atoms with Gasteiger partial charge in [-0.3, -0.25) is 0 Å². The molecule has 0 aromatic heterocycles. The van der Waals surface area contributed by atoms with Crippen LogP contribution in [0.4, 0.5) is 26.3 Å². The Bertz CT molecular complexity index is 559. The highest BCUT2D eigenvalue weighted by molar-refractivity contribution is 5.83. The van der Waals surface area contributed by atoms with E-state index >= 15 is 0 Å². The Balaban J connectivity index is 2.36. The number of amidine groups is 2. The summed E-state index contributed by atoms with van der Waals surface area (Å²) < 4.78 is 85.4. The van der Waals surface area contributed by atoms with Crippen LogP contribution in [-0.2, 0) is 0 Å². The van der Waals surface area contributed by atoms with Crippen LogP contribution in [0.1, 0.15) is 51.4 Å². The normalized spacial score (nSPS) is 31.0. The van der Waals surface area contributed by atoms with Gasteiger partial charge in [0.15, 0.2) is 5.41 Å². The number of nitrogens with two attached hydrogens (primary N) is 4. The second kappa shape index (κ2) is 8.47. The van der Waals surface area contributed by atoms with E-state index in [2.05, 4.69) is 10.2 Å². The summed E-state index contributed by atoms with van der Waals surface area (Å²) in [6.07, 6.45) is -11.5. The van der Waals surface area contributed by atoms with E-state index in [1.165, 1.54) is 0 Å². The summed E-state index contributed by atoms with van der Waals surface area (Å²) >= 11 is 0. The Kier molecular flexibility index (Phi) is 6.83. The fourth-order valence-corrected chi connectivity index (χ4v) is 5.32. The van der Waals surface area contributed by atoms with Gasteiger partial charge in [0, 0.05) is 11.8 Å². The molecule has 6 nitrogen and oxygen atoms in total. The van der Waals surface area contributed by atoms with Crippen LogP contribution in [0.25, 0.3) is 0 Å². The quantitative estimate of drug-likeness (QED) is 0.179. The second-order valence-electron chi connectivity index (χ2n) is 8.07. The number of hydrogen-bond donors (Lipinski definition) is 4. The van der Waals surface area contributed by atoms with Crippen LogP contribution in [0, 0.1) is 29.1 Å². The van der Waals surface area contributed by atoms with Crippen molar-refractivity contribution in [2.24, 2.45) is 62.4 Å². The molecule has 0 bridgehead atoms.